The van der Waals surface area contributed by atoms with Crippen LogP contribution in [0.15, 0.2) is 28.7 Å². The number of halogens is 2. The molecule has 0 saturated heterocycles. The van der Waals surface area contributed by atoms with Gasteiger partial charge in [-0.3, -0.25) is 0 Å². The van der Waals surface area contributed by atoms with E-state index in [9.17, 15) is 0 Å². The van der Waals surface area contributed by atoms with Gasteiger partial charge in [-0.05, 0) is 30.5 Å². The zero-order valence-corrected chi connectivity index (χ0v) is 12.2. The van der Waals surface area contributed by atoms with Crippen LogP contribution in [0.1, 0.15) is 32.3 Å². The molecule has 1 nitrogen and oxygen atoms in total. The lowest BCUT2D eigenvalue weighted by atomic mass is 9.95. The Balaban J connectivity index is 2.62. The molecular formula is C13H19BrClN. The summed E-state index contributed by atoms with van der Waals surface area (Å²) in [6.07, 6.45) is 2.11. The van der Waals surface area contributed by atoms with Crippen LogP contribution in [0.4, 0.5) is 0 Å². The first-order valence-electron chi connectivity index (χ1n) is 5.71. The third-order valence-electron chi connectivity index (χ3n) is 3.17. The van der Waals surface area contributed by atoms with Crippen molar-refractivity contribution in [2.75, 3.05) is 5.88 Å². The predicted molar refractivity (Wildman–Crippen MR) is 75.0 cm³/mol. The van der Waals surface area contributed by atoms with Crippen molar-refractivity contribution in [3.63, 3.8) is 0 Å². The summed E-state index contributed by atoms with van der Waals surface area (Å²) in [6.45, 7) is 5.23. The highest BCUT2D eigenvalue weighted by Crippen LogP contribution is 2.18. The lowest BCUT2D eigenvalue weighted by Crippen LogP contribution is -2.45. The summed E-state index contributed by atoms with van der Waals surface area (Å²) in [5.41, 5.74) is 1.36. The second-order valence-corrected chi connectivity index (χ2v) is 5.29. The van der Waals surface area contributed by atoms with Gasteiger partial charge in [-0.2, -0.15) is 0 Å². The Bertz CT molecular complexity index is 315. The highest BCUT2D eigenvalue weighted by molar-refractivity contribution is 9.10. The second-order valence-electron chi connectivity index (χ2n) is 4.10. The zero-order chi connectivity index (χ0) is 12.0. The van der Waals surface area contributed by atoms with Gasteiger partial charge in [0.1, 0.15) is 0 Å². The Morgan fingerprint density at radius 1 is 1.31 bits per heavy atom. The zero-order valence-electron chi connectivity index (χ0n) is 9.89. The fraction of sp³-hybridized carbons (Fsp3) is 0.538. The number of benzene rings is 1. The van der Waals surface area contributed by atoms with Crippen molar-refractivity contribution in [1.29, 1.82) is 0 Å². The van der Waals surface area contributed by atoms with Crippen molar-refractivity contribution in [3.8, 4) is 0 Å². The van der Waals surface area contributed by atoms with E-state index < -0.39 is 0 Å². The summed E-state index contributed by atoms with van der Waals surface area (Å²) >= 11 is 9.53. The fourth-order valence-corrected chi connectivity index (χ4v) is 2.59. The van der Waals surface area contributed by atoms with Crippen LogP contribution < -0.4 is 5.32 Å². The number of hydrogen-bond donors (Lipinski definition) is 1. The molecule has 0 atom stereocenters. The highest BCUT2D eigenvalue weighted by atomic mass is 79.9. The summed E-state index contributed by atoms with van der Waals surface area (Å²) in [5, 5.41) is 3.57. The van der Waals surface area contributed by atoms with E-state index in [0.29, 0.717) is 5.88 Å². The third kappa shape index (κ3) is 3.76. The van der Waals surface area contributed by atoms with Gasteiger partial charge in [0.2, 0.25) is 0 Å². The van der Waals surface area contributed by atoms with Crippen molar-refractivity contribution in [3.05, 3.63) is 34.3 Å². The van der Waals surface area contributed by atoms with Gasteiger partial charge in [0.25, 0.3) is 0 Å². The third-order valence-corrected chi connectivity index (χ3v) is 4.17. The fourth-order valence-electron chi connectivity index (χ4n) is 1.67. The van der Waals surface area contributed by atoms with Crippen LogP contribution in [0.2, 0.25) is 0 Å². The second kappa shape index (κ2) is 6.63. The largest absolute Gasteiger partial charge is 0.306 e. The molecule has 1 aromatic rings. The van der Waals surface area contributed by atoms with Gasteiger partial charge in [0.05, 0.1) is 0 Å². The molecule has 0 aliphatic heterocycles. The minimum Gasteiger partial charge on any atom is -0.306 e. The van der Waals surface area contributed by atoms with Gasteiger partial charge in [-0.1, -0.05) is 41.9 Å². The molecule has 0 radical (unpaired) electrons. The molecule has 0 bridgehead atoms. The molecule has 0 saturated carbocycles. The first-order chi connectivity index (χ1) is 7.65. The van der Waals surface area contributed by atoms with Crippen LogP contribution in [0.25, 0.3) is 0 Å². The predicted octanol–water partition coefficient (Wildman–Crippen LogP) is 4.34. The minimum absolute atomic E-state index is 0.0733. The first-order valence-corrected chi connectivity index (χ1v) is 7.04. The Hall–Kier alpha value is -0.0500. The summed E-state index contributed by atoms with van der Waals surface area (Å²) in [5.74, 6) is 0.661. The van der Waals surface area contributed by atoms with Crippen molar-refractivity contribution in [2.24, 2.45) is 0 Å². The van der Waals surface area contributed by atoms with Gasteiger partial charge in [-0.25, -0.2) is 0 Å². The molecule has 0 aliphatic rings. The average molecular weight is 305 g/mol. The molecule has 0 aromatic heterocycles. The highest BCUT2D eigenvalue weighted by Gasteiger charge is 2.23. The van der Waals surface area contributed by atoms with Crippen molar-refractivity contribution < 1.29 is 0 Å². The Morgan fingerprint density at radius 3 is 2.50 bits per heavy atom. The average Bonchev–Trinajstić information content (AvgIpc) is 2.32. The monoisotopic (exact) mass is 303 g/mol. The molecule has 0 spiro atoms. The number of alkyl halides is 1. The van der Waals surface area contributed by atoms with Crippen LogP contribution in [-0.2, 0) is 6.54 Å². The van der Waals surface area contributed by atoms with Gasteiger partial charge in [-0.15, -0.1) is 11.6 Å². The molecule has 1 rings (SSSR count). The van der Waals surface area contributed by atoms with E-state index in [4.69, 9.17) is 11.6 Å². The number of hydrogen-bond acceptors (Lipinski definition) is 1. The maximum Gasteiger partial charge on any atom is 0.0405 e. The standard InChI is InChI=1S/C13H19BrClN/c1-3-13(4-2,10-15)16-9-11-6-5-7-12(14)8-11/h5-8,16H,3-4,9-10H2,1-2H3. The topological polar surface area (TPSA) is 12.0 Å². The molecule has 90 valence electrons. The Labute approximate surface area is 112 Å². The lowest BCUT2D eigenvalue weighted by Gasteiger charge is -2.31. The van der Waals surface area contributed by atoms with E-state index in [0.717, 1.165) is 23.9 Å². The van der Waals surface area contributed by atoms with Gasteiger partial charge in [0, 0.05) is 22.4 Å². The van der Waals surface area contributed by atoms with Gasteiger partial charge < -0.3 is 5.32 Å². The van der Waals surface area contributed by atoms with Crippen molar-refractivity contribution >= 4 is 27.5 Å². The summed E-state index contributed by atoms with van der Waals surface area (Å²) in [7, 11) is 0. The van der Waals surface area contributed by atoms with Crippen LogP contribution in [0, 0.1) is 0 Å². The van der Waals surface area contributed by atoms with Crippen LogP contribution in [0.5, 0.6) is 0 Å². The number of nitrogens with one attached hydrogen (secondary N) is 1. The van der Waals surface area contributed by atoms with E-state index in [1.807, 2.05) is 6.07 Å². The van der Waals surface area contributed by atoms with Crippen LogP contribution >= 0.6 is 27.5 Å². The summed E-state index contributed by atoms with van der Waals surface area (Å²) in [6, 6.07) is 8.36. The molecular weight excluding hydrogens is 286 g/mol. The van der Waals surface area contributed by atoms with E-state index in [1.165, 1.54) is 5.56 Å². The van der Waals surface area contributed by atoms with Gasteiger partial charge in [0.15, 0.2) is 0 Å². The number of rotatable bonds is 6. The molecule has 0 aliphatic carbocycles. The van der Waals surface area contributed by atoms with E-state index in [2.05, 4.69) is 53.3 Å². The van der Waals surface area contributed by atoms with Crippen molar-refractivity contribution in [2.45, 2.75) is 38.8 Å². The van der Waals surface area contributed by atoms with E-state index >= 15 is 0 Å². The minimum atomic E-state index is 0.0733. The summed E-state index contributed by atoms with van der Waals surface area (Å²) in [4.78, 5) is 0. The Kier molecular flexibility index (Phi) is 5.81. The first kappa shape index (κ1) is 14.0. The Morgan fingerprint density at radius 2 is 2.00 bits per heavy atom. The smallest absolute Gasteiger partial charge is 0.0405 e. The normalized spacial score (nSPS) is 11.8. The SMILES string of the molecule is CCC(CC)(CCl)NCc1cccc(Br)c1. The van der Waals surface area contributed by atoms with E-state index in [1.54, 1.807) is 0 Å². The molecule has 0 fully saturated rings. The molecule has 0 amide bonds. The summed E-state index contributed by atoms with van der Waals surface area (Å²) < 4.78 is 1.12. The van der Waals surface area contributed by atoms with E-state index in [-0.39, 0.29) is 5.54 Å². The molecule has 0 unspecified atom stereocenters. The molecule has 1 aromatic carbocycles. The lowest BCUT2D eigenvalue weighted by molar-refractivity contribution is 0.334. The molecule has 3 heteroatoms. The quantitative estimate of drug-likeness (QED) is 0.771. The van der Waals surface area contributed by atoms with Gasteiger partial charge >= 0.3 is 0 Å². The van der Waals surface area contributed by atoms with Crippen molar-refractivity contribution in [1.82, 2.24) is 5.32 Å². The molecule has 16 heavy (non-hydrogen) atoms. The van der Waals surface area contributed by atoms with Crippen LogP contribution in [0.3, 0.4) is 0 Å². The maximum atomic E-state index is 6.05. The van der Waals surface area contributed by atoms with Crippen LogP contribution in [-0.4, -0.2) is 11.4 Å². The molecule has 0 heterocycles. The molecule has 1 N–H and O–H groups in total. The maximum absolute atomic E-state index is 6.05.